The summed E-state index contributed by atoms with van der Waals surface area (Å²) in [5, 5.41) is 2.12. The maximum atomic E-state index is 13.2. The molecule has 21 heavy (non-hydrogen) atoms. The van der Waals surface area contributed by atoms with Gasteiger partial charge in [0.1, 0.15) is 0 Å². The molecule has 0 atom stereocenters. The Labute approximate surface area is 135 Å². The summed E-state index contributed by atoms with van der Waals surface area (Å²) in [5.74, 6) is 0.175. The van der Waals surface area contributed by atoms with Gasteiger partial charge in [0.05, 0.1) is 10.4 Å². The smallest absolute Gasteiger partial charge is 0.235 e. The molecule has 114 valence electrons. The second-order valence-corrected chi connectivity index (χ2v) is 7.65. The molecule has 1 aliphatic heterocycles. The van der Waals surface area contributed by atoms with Crippen molar-refractivity contribution in [2.75, 3.05) is 6.54 Å². The number of carbonyl (C=O) groups is 1. The number of amides is 1. The van der Waals surface area contributed by atoms with E-state index in [2.05, 4.69) is 11.4 Å². The van der Waals surface area contributed by atoms with Gasteiger partial charge in [-0.1, -0.05) is 37.9 Å². The first-order chi connectivity index (χ1) is 10.1. The maximum absolute atomic E-state index is 13.2. The fraction of sp³-hybridized carbons (Fsp3) is 0.625. The van der Waals surface area contributed by atoms with Crippen LogP contribution in [0.25, 0.3) is 0 Å². The lowest BCUT2D eigenvalue weighted by Crippen LogP contribution is -2.51. The molecular weight excluding hydrogens is 300 g/mol. The molecule has 2 N–H and O–H groups in total. The lowest BCUT2D eigenvalue weighted by atomic mass is 9.78. The molecule has 2 aliphatic rings. The van der Waals surface area contributed by atoms with E-state index in [1.165, 1.54) is 23.3 Å². The number of fused-ring (bicyclic) bond motifs is 1. The van der Waals surface area contributed by atoms with Crippen LogP contribution in [-0.4, -0.2) is 22.3 Å². The number of hydrogen-bond donors (Lipinski definition) is 1. The fourth-order valence-electron chi connectivity index (χ4n) is 3.62. The van der Waals surface area contributed by atoms with Crippen molar-refractivity contribution in [3.63, 3.8) is 0 Å². The summed E-state index contributed by atoms with van der Waals surface area (Å²) < 4.78 is 0. The number of rotatable bonds is 2. The highest BCUT2D eigenvalue weighted by Crippen LogP contribution is 2.38. The monoisotopic (exact) mass is 322 g/mol. The average molecular weight is 322 g/mol. The van der Waals surface area contributed by atoms with Crippen LogP contribution in [0.5, 0.6) is 0 Å². The van der Waals surface area contributed by atoms with E-state index in [9.17, 15) is 4.79 Å². The predicted octanol–water partition coefficient (Wildman–Crippen LogP) is 3.26. The summed E-state index contributed by atoms with van der Waals surface area (Å²) in [6, 6.07) is 2.14. The third-order valence-electron chi connectivity index (χ3n) is 4.93. The van der Waals surface area contributed by atoms with Crippen LogP contribution in [0.4, 0.5) is 0 Å². The summed E-state index contributed by atoms with van der Waals surface area (Å²) in [7, 11) is 0. The molecule has 5 heteroatoms. The predicted molar refractivity (Wildman–Crippen MR) is 90.4 cm³/mol. The number of hydrogen-bond acceptors (Lipinski definition) is 3. The first-order valence-electron chi connectivity index (χ1n) is 7.78. The molecule has 2 heterocycles. The van der Waals surface area contributed by atoms with Crippen molar-refractivity contribution in [2.45, 2.75) is 51.5 Å². The highest BCUT2D eigenvalue weighted by molar-refractivity contribution is 7.80. The minimum atomic E-state index is -0.584. The zero-order valence-corrected chi connectivity index (χ0v) is 13.9. The van der Waals surface area contributed by atoms with E-state index in [1.807, 2.05) is 4.90 Å². The van der Waals surface area contributed by atoms with Crippen molar-refractivity contribution in [1.29, 1.82) is 0 Å². The number of thiophene rings is 1. The molecule has 0 aromatic carbocycles. The van der Waals surface area contributed by atoms with E-state index in [4.69, 9.17) is 18.0 Å². The molecule has 1 aromatic heterocycles. The Morgan fingerprint density at radius 2 is 2.00 bits per heavy atom. The quantitative estimate of drug-likeness (QED) is 0.671. The molecular formula is C16H22N2OS2. The van der Waals surface area contributed by atoms with Crippen LogP contribution in [0.2, 0.25) is 0 Å². The van der Waals surface area contributed by atoms with Crippen molar-refractivity contribution in [1.82, 2.24) is 4.90 Å². The van der Waals surface area contributed by atoms with E-state index in [0.717, 1.165) is 45.2 Å². The molecule has 0 spiro atoms. The van der Waals surface area contributed by atoms with Crippen LogP contribution in [0.15, 0.2) is 11.4 Å². The van der Waals surface area contributed by atoms with Crippen LogP contribution in [0.3, 0.4) is 0 Å². The van der Waals surface area contributed by atoms with Crippen LogP contribution >= 0.6 is 23.6 Å². The van der Waals surface area contributed by atoms with Gasteiger partial charge < -0.3 is 10.6 Å². The molecule has 0 bridgehead atoms. The van der Waals surface area contributed by atoms with Crippen LogP contribution < -0.4 is 5.73 Å². The molecule has 1 fully saturated rings. The first kappa shape index (κ1) is 15.0. The normalized spacial score (nSPS) is 21.4. The summed E-state index contributed by atoms with van der Waals surface area (Å²) in [6.45, 7) is 1.53. The minimum absolute atomic E-state index is 0.175. The SMILES string of the molecule is NC(=S)C1(C(=O)N2CCc3sccc3C2)CCCCCC1. The van der Waals surface area contributed by atoms with Gasteiger partial charge in [0.25, 0.3) is 0 Å². The highest BCUT2D eigenvalue weighted by Gasteiger charge is 2.44. The number of thiocarbonyl (C=S) groups is 1. The standard InChI is InChI=1S/C16H22N2OS2/c17-14(20)16(7-3-1-2-4-8-16)15(19)18-9-5-13-12(11-18)6-10-21-13/h6,10H,1-5,7-9,11H2,(H2,17,20). The maximum Gasteiger partial charge on any atom is 0.235 e. The molecule has 3 rings (SSSR count). The second kappa shape index (κ2) is 6.05. The summed E-state index contributed by atoms with van der Waals surface area (Å²) in [6.07, 6.45) is 7.11. The number of nitrogens with two attached hydrogens (primary N) is 1. The van der Waals surface area contributed by atoms with Gasteiger partial charge in [-0.25, -0.2) is 0 Å². The molecule has 0 unspecified atom stereocenters. The molecule has 0 radical (unpaired) electrons. The molecule has 1 aliphatic carbocycles. The minimum Gasteiger partial charge on any atom is -0.392 e. The Morgan fingerprint density at radius 3 is 2.67 bits per heavy atom. The van der Waals surface area contributed by atoms with Gasteiger partial charge in [0, 0.05) is 18.0 Å². The molecule has 1 saturated carbocycles. The molecule has 3 nitrogen and oxygen atoms in total. The Morgan fingerprint density at radius 1 is 1.29 bits per heavy atom. The third kappa shape index (κ3) is 2.73. The Balaban J connectivity index is 1.83. The third-order valence-corrected chi connectivity index (χ3v) is 6.35. The van der Waals surface area contributed by atoms with Gasteiger partial charge in [0.15, 0.2) is 0 Å². The molecule has 1 amide bonds. The van der Waals surface area contributed by atoms with E-state index in [1.54, 1.807) is 11.3 Å². The van der Waals surface area contributed by atoms with E-state index in [-0.39, 0.29) is 5.91 Å². The summed E-state index contributed by atoms with van der Waals surface area (Å²) in [5.41, 5.74) is 6.75. The van der Waals surface area contributed by atoms with E-state index in [0.29, 0.717) is 4.99 Å². The zero-order chi connectivity index (χ0) is 14.9. The van der Waals surface area contributed by atoms with Crippen molar-refractivity contribution < 1.29 is 4.79 Å². The van der Waals surface area contributed by atoms with E-state index >= 15 is 0 Å². The van der Waals surface area contributed by atoms with Crippen molar-refractivity contribution in [2.24, 2.45) is 11.1 Å². The van der Waals surface area contributed by atoms with Gasteiger partial charge in [-0.3, -0.25) is 4.79 Å². The first-order valence-corrected chi connectivity index (χ1v) is 9.07. The summed E-state index contributed by atoms with van der Waals surface area (Å²) >= 11 is 7.12. The topological polar surface area (TPSA) is 46.3 Å². The van der Waals surface area contributed by atoms with Crippen LogP contribution in [0, 0.1) is 5.41 Å². The lowest BCUT2D eigenvalue weighted by Gasteiger charge is -2.37. The second-order valence-electron chi connectivity index (χ2n) is 6.21. The zero-order valence-electron chi connectivity index (χ0n) is 12.3. The molecule has 1 aromatic rings. The molecule has 0 saturated heterocycles. The Kier molecular flexibility index (Phi) is 4.31. The van der Waals surface area contributed by atoms with Gasteiger partial charge in [0.2, 0.25) is 5.91 Å². The number of nitrogens with zero attached hydrogens (tertiary/aromatic N) is 1. The van der Waals surface area contributed by atoms with Crippen molar-refractivity contribution in [3.05, 3.63) is 21.9 Å². The van der Waals surface area contributed by atoms with Gasteiger partial charge in [-0.2, -0.15) is 0 Å². The van der Waals surface area contributed by atoms with Gasteiger partial charge >= 0.3 is 0 Å². The average Bonchev–Trinajstić information content (AvgIpc) is 2.80. The Hall–Kier alpha value is -0.940. The lowest BCUT2D eigenvalue weighted by molar-refractivity contribution is -0.139. The van der Waals surface area contributed by atoms with Gasteiger partial charge in [-0.05, 0) is 36.3 Å². The van der Waals surface area contributed by atoms with Gasteiger partial charge in [-0.15, -0.1) is 11.3 Å². The van der Waals surface area contributed by atoms with Crippen molar-refractivity contribution >= 4 is 34.5 Å². The summed E-state index contributed by atoms with van der Waals surface area (Å²) in [4.78, 5) is 17.0. The highest BCUT2D eigenvalue weighted by atomic mass is 32.1. The largest absolute Gasteiger partial charge is 0.392 e. The Bertz CT molecular complexity index is 544. The van der Waals surface area contributed by atoms with Crippen LogP contribution in [-0.2, 0) is 17.8 Å². The number of carbonyl (C=O) groups excluding carboxylic acids is 1. The van der Waals surface area contributed by atoms with Crippen LogP contribution in [0.1, 0.15) is 49.0 Å². The fourth-order valence-corrected chi connectivity index (χ4v) is 4.80. The van der Waals surface area contributed by atoms with Crippen molar-refractivity contribution in [3.8, 4) is 0 Å². The van der Waals surface area contributed by atoms with E-state index < -0.39 is 5.41 Å².